The largest absolute Gasteiger partial charge is 0.454 e. The van der Waals surface area contributed by atoms with E-state index in [1.807, 2.05) is 24.0 Å². The van der Waals surface area contributed by atoms with Crippen molar-refractivity contribution >= 4 is 11.9 Å². The Morgan fingerprint density at radius 2 is 1.90 bits per heavy atom. The minimum absolute atomic E-state index is 0.0298. The number of nitrogens with zero attached hydrogens (tertiary/aromatic N) is 4. The van der Waals surface area contributed by atoms with E-state index in [2.05, 4.69) is 33.2 Å². The Labute approximate surface area is 170 Å². The van der Waals surface area contributed by atoms with Crippen molar-refractivity contribution in [2.75, 3.05) is 44.8 Å². The summed E-state index contributed by atoms with van der Waals surface area (Å²) >= 11 is 0. The first-order valence-corrected chi connectivity index (χ1v) is 10.1. The minimum Gasteiger partial charge on any atom is -0.454 e. The molecule has 0 aliphatic carbocycles. The highest BCUT2D eigenvalue weighted by atomic mass is 16.7. The molecule has 2 aliphatic rings. The van der Waals surface area contributed by atoms with Gasteiger partial charge in [0, 0.05) is 45.0 Å². The number of carbonyl (C=O) groups is 1. The van der Waals surface area contributed by atoms with Crippen molar-refractivity contribution in [2.24, 2.45) is 0 Å². The number of anilines is 1. The van der Waals surface area contributed by atoms with Gasteiger partial charge in [-0.05, 0) is 37.1 Å². The van der Waals surface area contributed by atoms with Crippen molar-refractivity contribution in [1.29, 1.82) is 0 Å². The molecule has 1 amide bonds. The first kappa shape index (κ1) is 19.4. The molecule has 8 heteroatoms. The van der Waals surface area contributed by atoms with Crippen LogP contribution in [0.25, 0.3) is 0 Å². The number of aryl methyl sites for hydroxylation is 1. The summed E-state index contributed by atoms with van der Waals surface area (Å²) in [5.41, 5.74) is 2.44. The van der Waals surface area contributed by atoms with Crippen LogP contribution in [0.1, 0.15) is 35.1 Å². The van der Waals surface area contributed by atoms with Crippen LogP contribution in [0.5, 0.6) is 11.5 Å². The molecule has 1 aromatic carbocycles. The second-order valence-electron chi connectivity index (χ2n) is 7.40. The Morgan fingerprint density at radius 3 is 2.69 bits per heavy atom. The van der Waals surface area contributed by atoms with E-state index < -0.39 is 0 Å². The molecular weight excluding hydrogens is 370 g/mol. The zero-order chi connectivity index (χ0) is 20.2. The van der Waals surface area contributed by atoms with Crippen LogP contribution in [0.2, 0.25) is 0 Å². The summed E-state index contributed by atoms with van der Waals surface area (Å²) < 4.78 is 10.8. The Bertz CT molecular complexity index is 881. The fraction of sp³-hybridized carbons (Fsp3) is 0.476. The van der Waals surface area contributed by atoms with Crippen molar-refractivity contribution in [1.82, 2.24) is 19.8 Å². The van der Waals surface area contributed by atoms with Gasteiger partial charge in [0.25, 0.3) is 5.91 Å². The number of carbonyl (C=O) groups excluding carboxylic acids is 1. The van der Waals surface area contributed by atoms with E-state index in [4.69, 9.17) is 9.47 Å². The van der Waals surface area contributed by atoms with Crippen LogP contribution >= 0.6 is 0 Å². The summed E-state index contributed by atoms with van der Waals surface area (Å²) in [6.07, 6.45) is 0.978. The Kier molecular flexibility index (Phi) is 5.80. The van der Waals surface area contributed by atoms with Gasteiger partial charge in [-0.15, -0.1) is 0 Å². The third-order valence-corrected chi connectivity index (χ3v) is 5.11. The molecule has 0 spiro atoms. The molecule has 29 heavy (non-hydrogen) atoms. The highest BCUT2D eigenvalue weighted by Crippen LogP contribution is 2.32. The van der Waals surface area contributed by atoms with E-state index >= 15 is 0 Å². The van der Waals surface area contributed by atoms with Crippen LogP contribution in [-0.2, 0) is 6.54 Å². The van der Waals surface area contributed by atoms with Crippen molar-refractivity contribution in [2.45, 2.75) is 26.8 Å². The maximum absolute atomic E-state index is 12.9. The predicted molar refractivity (Wildman–Crippen MR) is 109 cm³/mol. The fourth-order valence-electron chi connectivity index (χ4n) is 3.56. The number of hydrogen-bond acceptors (Lipinski definition) is 7. The topological polar surface area (TPSA) is 79.8 Å². The molecule has 154 valence electrons. The quantitative estimate of drug-likeness (QED) is 0.801. The second-order valence-corrected chi connectivity index (χ2v) is 7.40. The molecule has 0 saturated carbocycles. The first-order valence-electron chi connectivity index (χ1n) is 10.1. The maximum Gasteiger partial charge on any atom is 0.272 e. The summed E-state index contributed by atoms with van der Waals surface area (Å²) in [5, 5.41) is 3.17. The number of fused-ring (bicyclic) bond motifs is 1. The summed E-state index contributed by atoms with van der Waals surface area (Å²) in [6, 6.07) is 7.82. The van der Waals surface area contributed by atoms with E-state index in [0.717, 1.165) is 49.8 Å². The number of amides is 1. The fourth-order valence-corrected chi connectivity index (χ4v) is 3.56. The molecule has 0 unspecified atom stereocenters. The average molecular weight is 397 g/mol. The van der Waals surface area contributed by atoms with Gasteiger partial charge in [-0.25, -0.2) is 9.97 Å². The summed E-state index contributed by atoms with van der Waals surface area (Å²) in [4.78, 5) is 25.9. The maximum atomic E-state index is 12.9. The Balaban J connectivity index is 1.34. The van der Waals surface area contributed by atoms with Crippen molar-refractivity contribution in [3.63, 3.8) is 0 Å². The van der Waals surface area contributed by atoms with Gasteiger partial charge in [-0.3, -0.25) is 9.69 Å². The smallest absolute Gasteiger partial charge is 0.272 e. The normalized spacial score (nSPS) is 16.1. The molecule has 3 heterocycles. The van der Waals surface area contributed by atoms with Gasteiger partial charge in [0.2, 0.25) is 12.7 Å². The molecule has 1 aromatic heterocycles. The molecule has 0 bridgehead atoms. The highest BCUT2D eigenvalue weighted by molar-refractivity contribution is 5.92. The number of piperazine rings is 1. The van der Waals surface area contributed by atoms with Gasteiger partial charge in [0.1, 0.15) is 5.69 Å². The standard InChI is InChI=1S/C21H27N5O3/c1-3-6-22-21-23-15(2)11-17(24-21)20(27)26-9-7-25(8-10-26)13-16-4-5-18-19(12-16)29-14-28-18/h4-5,11-12H,3,6-10,13-14H2,1-2H3,(H,22,23,24). The van der Waals surface area contributed by atoms with E-state index in [9.17, 15) is 4.79 Å². The number of nitrogens with one attached hydrogen (secondary N) is 1. The number of ether oxygens (including phenoxy) is 2. The lowest BCUT2D eigenvalue weighted by Crippen LogP contribution is -2.48. The number of hydrogen-bond donors (Lipinski definition) is 1. The van der Waals surface area contributed by atoms with Gasteiger partial charge >= 0.3 is 0 Å². The molecule has 1 saturated heterocycles. The SMILES string of the molecule is CCCNc1nc(C)cc(C(=O)N2CCN(Cc3ccc4c(c3)OCO4)CC2)n1. The van der Waals surface area contributed by atoms with Crippen LogP contribution in [-0.4, -0.2) is 65.2 Å². The summed E-state index contributed by atoms with van der Waals surface area (Å²) in [5.74, 6) is 2.11. The minimum atomic E-state index is -0.0298. The first-order chi connectivity index (χ1) is 14.1. The third-order valence-electron chi connectivity index (χ3n) is 5.11. The zero-order valence-electron chi connectivity index (χ0n) is 17.0. The summed E-state index contributed by atoms with van der Waals surface area (Å²) in [7, 11) is 0. The second kappa shape index (κ2) is 8.65. The lowest BCUT2D eigenvalue weighted by atomic mass is 10.1. The Hall–Kier alpha value is -2.87. The van der Waals surface area contributed by atoms with Gasteiger partial charge < -0.3 is 19.7 Å². The van der Waals surface area contributed by atoms with Gasteiger partial charge in [0.15, 0.2) is 11.5 Å². The Morgan fingerprint density at radius 1 is 1.10 bits per heavy atom. The predicted octanol–water partition coefficient (Wildman–Crippen LogP) is 2.29. The van der Waals surface area contributed by atoms with E-state index in [0.29, 0.717) is 24.7 Å². The molecule has 0 radical (unpaired) electrons. The van der Waals surface area contributed by atoms with Crippen LogP contribution in [0.15, 0.2) is 24.3 Å². The number of aromatic nitrogens is 2. The lowest BCUT2D eigenvalue weighted by molar-refractivity contribution is 0.0622. The average Bonchev–Trinajstić information content (AvgIpc) is 3.20. The summed E-state index contributed by atoms with van der Waals surface area (Å²) in [6.45, 7) is 8.89. The zero-order valence-corrected chi connectivity index (χ0v) is 17.0. The number of rotatable bonds is 6. The molecule has 0 atom stereocenters. The van der Waals surface area contributed by atoms with Crippen LogP contribution in [0, 0.1) is 6.92 Å². The van der Waals surface area contributed by atoms with E-state index in [1.165, 1.54) is 5.56 Å². The monoisotopic (exact) mass is 397 g/mol. The van der Waals surface area contributed by atoms with E-state index in [1.54, 1.807) is 6.07 Å². The van der Waals surface area contributed by atoms with Crippen molar-refractivity contribution < 1.29 is 14.3 Å². The molecule has 4 rings (SSSR count). The molecule has 8 nitrogen and oxygen atoms in total. The highest BCUT2D eigenvalue weighted by Gasteiger charge is 2.24. The number of benzene rings is 1. The van der Waals surface area contributed by atoms with Crippen molar-refractivity contribution in [3.05, 3.63) is 41.2 Å². The molecule has 2 aromatic rings. The van der Waals surface area contributed by atoms with E-state index in [-0.39, 0.29) is 12.7 Å². The van der Waals surface area contributed by atoms with Crippen molar-refractivity contribution in [3.8, 4) is 11.5 Å². The van der Waals surface area contributed by atoms with Crippen LogP contribution < -0.4 is 14.8 Å². The molecule has 1 N–H and O–H groups in total. The van der Waals surface area contributed by atoms with Gasteiger partial charge in [-0.1, -0.05) is 13.0 Å². The lowest BCUT2D eigenvalue weighted by Gasteiger charge is -2.34. The molecular formula is C21H27N5O3. The van der Waals surface area contributed by atoms with Gasteiger partial charge in [-0.2, -0.15) is 0 Å². The van der Waals surface area contributed by atoms with Crippen LogP contribution in [0.4, 0.5) is 5.95 Å². The van der Waals surface area contributed by atoms with Gasteiger partial charge in [0.05, 0.1) is 0 Å². The third kappa shape index (κ3) is 4.59. The van der Waals surface area contributed by atoms with Crippen LogP contribution in [0.3, 0.4) is 0 Å². The molecule has 1 fully saturated rings. The molecule has 2 aliphatic heterocycles.